The fourth-order valence-corrected chi connectivity index (χ4v) is 4.61. The summed E-state index contributed by atoms with van der Waals surface area (Å²) in [5, 5.41) is 20.3. The molecule has 1 aromatic heterocycles. The van der Waals surface area contributed by atoms with E-state index in [1.807, 2.05) is 65.2 Å². The van der Waals surface area contributed by atoms with Crippen LogP contribution < -0.4 is 4.80 Å². The average Bonchev–Trinajstić information content (AvgIpc) is 3.15. The van der Waals surface area contributed by atoms with Gasteiger partial charge in [0.1, 0.15) is 15.8 Å². The summed E-state index contributed by atoms with van der Waals surface area (Å²) < 4.78 is 1.88. The minimum Gasteiger partial charge on any atom is -0.506 e. The van der Waals surface area contributed by atoms with Gasteiger partial charge in [0.25, 0.3) is 0 Å². The third kappa shape index (κ3) is 3.74. The number of phenolic OH excluding ortho intramolecular Hbond substituents is 2. The molecular formula is C21H13Cl3N2O2S. The first-order valence-electron chi connectivity index (χ1n) is 8.44. The molecule has 0 saturated heterocycles. The first kappa shape index (κ1) is 19.9. The van der Waals surface area contributed by atoms with Crippen molar-refractivity contribution < 1.29 is 10.2 Å². The van der Waals surface area contributed by atoms with Gasteiger partial charge in [-0.15, -0.1) is 0 Å². The molecule has 4 rings (SSSR count). The van der Waals surface area contributed by atoms with Crippen molar-refractivity contribution in [3.05, 3.63) is 86.7 Å². The molecule has 0 bridgehead atoms. The second-order valence-electron chi connectivity index (χ2n) is 6.05. The number of rotatable bonds is 3. The number of benzene rings is 3. The Morgan fingerprint density at radius 1 is 0.759 bits per heavy atom. The van der Waals surface area contributed by atoms with Crippen LogP contribution in [0.2, 0.25) is 15.1 Å². The lowest BCUT2D eigenvalue weighted by atomic mass is 10.1. The molecule has 0 atom stereocenters. The van der Waals surface area contributed by atoms with Gasteiger partial charge in [0.2, 0.25) is 0 Å². The van der Waals surface area contributed by atoms with Crippen LogP contribution in [0.3, 0.4) is 0 Å². The number of para-hydroxylation sites is 2. The lowest BCUT2D eigenvalue weighted by molar-refractivity contribution is 0.462. The Kier molecular flexibility index (Phi) is 5.56. The first-order valence-corrected chi connectivity index (χ1v) is 10.4. The van der Waals surface area contributed by atoms with Gasteiger partial charge < -0.3 is 10.2 Å². The fraction of sp³-hybridized carbons (Fsp3) is 0. The van der Waals surface area contributed by atoms with E-state index in [-0.39, 0.29) is 32.1 Å². The molecule has 146 valence electrons. The highest BCUT2D eigenvalue weighted by molar-refractivity contribution is 7.13. The minimum absolute atomic E-state index is 0.0791. The van der Waals surface area contributed by atoms with Crippen molar-refractivity contribution in [3.63, 3.8) is 0 Å². The quantitative estimate of drug-likeness (QED) is 0.259. The zero-order valence-corrected chi connectivity index (χ0v) is 17.8. The summed E-state index contributed by atoms with van der Waals surface area (Å²) in [6, 6.07) is 19.1. The highest BCUT2D eigenvalue weighted by Crippen LogP contribution is 2.51. The smallest absolute Gasteiger partial charge is 0.195 e. The van der Waals surface area contributed by atoms with Gasteiger partial charge >= 0.3 is 0 Å². The van der Waals surface area contributed by atoms with E-state index in [0.29, 0.717) is 9.68 Å². The normalized spacial score (nSPS) is 11.8. The number of thiazole rings is 1. The van der Waals surface area contributed by atoms with E-state index in [0.717, 1.165) is 11.4 Å². The summed E-state index contributed by atoms with van der Waals surface area (Å²) in [5.41, 5.74) is 1.85. The van der Waals surface area contributed by atoms with Crippen molar-refractivity contribution in [2.75, 3.05) is 0 Å². The molecule has 4 aromatic rings. The predicted octanol–water partition coefficient (Wildman–Crippen LogP) is 6.81. The number of aromatic hydroxyl groups is 2. The van der Waals surface area contributed by atoms with Gasteiger partial charge in [-0.2, -0.15) is 0 Å². The molecular weight excluding hydrogens is 451 g/mol. The van der Waals surface area contributed by atoms with Gasteiger partial charge in [-0.25, -0.2) is 4.99 Å². The summed E-state index contributed by atoms with van der Waals surface area (Å²) >= 11 is 19.6. The first-order chi connectivity index (χ1) is 14.0. The van der Waals surface area contributed by atoms with Crippen molar-refractivity contribution in [2.24, 2.45) is 4.99 Å². The number of nitrogens with zero attached hydrogens (tertiary/aromatic N) is 2. The van der Waals surface area contributed by atoms with Crippen LogP contribution in [0.15, 0.2) is 71.9 Å². The largest absolute Gasteiger partial charge is 0.506 e. The predicted molar refractivity (Wildman–Crippen MR) is 119 cm³/mol. The molecule has 0 saturated carbocycles. The Hall–Kier alpha value is -2.44. The molecule has 1 heterocycles. The van der Waals surface area contributed by atoms with E-state index >= 15 is 0 Å². The van der Waals surface area contributed by atoms with Crippen molar-refractivity contribution in [3.8, 4) is 27.6 Å². The zero-order chi connectivity index (χ0) is 20.5. The van der Waals surface area contributed by atoms with Gasteiger partial charge in [-0.1, -0.05) is 82.5 Å². The standard InChI is InChI=1S/C21H13Cl3N2O2S/c22-16-15(19(27)17(23)18(24)20(16)28)14-11-26(13-9-5-2-6-10-13)21(29-14)25-12-7-3-1-4-8-12/h1-11,27-28H. The zero-order valence-electron chi connectivity index (χ0n) is 14.7. The Labute approximate surface area is 185 Å². The van der Waals surface area contributed by atoms with Crippen molar-refractivity contribution in [1.29, 1.82) is 0 Å². The van der Waals surface area contributed by atoms with Gasteiger partial charge in [-0.3, -0.25) is 4.57 Å². The molecule has 8 heteroatoms. The van der Waals surface area contributed by atoms with Crippen LogP contribution >= 0.6 is 46.1 Å². The fourth-order valence-electron chi connectivity index (χ4n) is 2.79. The molecule has 0 aliphatic rings. The van der Waals surface area contributed by atoms with Crippen LogP contribution in [0, 0.1) is 0 Å². The highest BCUT2D eigenvalue weighted by Gasteiger charge is 2.23. The van der Waals surface area contributed by atoms with Crippen LogP contribution in [0.5, 0.6) is 11.5 Å². The molecule has 3 aromatic carbocycles. The van der Waals surface area contributed by atoms with E-state index in [4.69, 9.17) is 39.8 Å². The Balaban J connectivity index is 2.00. The molecule has 0 aliphatic heterocycles. The van der Waals surface area contributed by atoms with E-state index in [1.165, 1.54) is 11.3 Å². The van der Waals surface area contributed by atoms with Crippen LogP contribution in [0.4, 0.5) is 5.69 Å². The third-order valence-corrected chi connectivity index (χ3v) is 6.39. The van der Waals surface area contributed by atoms with Gasteiger partial charge in [-0.05, 0) is 24.3 Å². The molecule has 4 nitrogen and oxygen atoms in total. The Morgan fingerprint density at radius 2 is 1.34 bits per heavy atom. The number of hydrogen-bond donors (Lipinski definition) is 2. The summed E-state index contributed by atoms with van der Waals surface area (Å²) in [7, 11) is 0. The number of aromatic nitrogens is 1. The van der Waals surface area contributed by atoms with E-state index in [9.17, 15) is 10.2 Å². The highest BCUT2D eigenvalue weighted by atomic mass is 35.5. The van der Waals surface area contributed by atoms with E-state index < -0.39 is 0 Å². The van der Waals surface area contributed by atoms with Crippen LogP contribution in [0.1, 0.15) is 0 Å². The lowest BCUT2D eigenvalue weighted by Crippen LogP contribution is -2.10. The topological polar surface area (TPSA) is 57.8 Å². The Morgan fingerprint density at radius 3 is 2.00 bits per heavy atom. The summed E-state index contributed by atoms with van der Waals surface area (Å²) in [5.74, 6) is -0.681. The number of hydrogen-bond acceptors (Lipinski definition) is 4. The molecule has 2 N–H and O–H groups in total. The van der Waals surface area contributed by atoms with Crippen molar-refractivity contribution in [2.45, 2.75) is 0 Å². The molecule has 0 radical (unpaired) electrons. The maximum Gasteiger partial charge on any atom is 0.195 e. The SMILES string of the molecule is Oc1c(Cl)c(Cl)c(O)c(-c2cn(-c3ccccc3)c(=Nc3ccccc3)s2)c1Cl. The van der Waals surface area contributed by atoms with E-state index in [1.54, 1.807) is 6.20 Å². The summed E-state index contributed by atoms with van der Waals surface area (Å²) in [4.78, 5) is 5.94. The minimum atomic E-state index is -0.382. The maximum atomic E-state index is 10.6. The van der Waals surface area contributed by atoms with Gasteiger partial charge in [0, 0.05) is 11.9 Å². The van der Waals surface area contributed by atoms with Crippen molar-refractivity contribution >= 4 is 51.8 Å². The third-order valence-electron chi connectivity index (χ3n) is 4.19. The van der Waals surface area contributed by atoms with Gasteiger partial charge in [0.05, 0.1) is 21.2 Å². The molecule has 29 heavy (non-hydrogen) atoms. The number of phenols is 2. The lowest BCUT2D eigenvalue weighted by Gasteiger charge is -2.10. The maximum absolute atomic E-state index is 10.6. The van der Waals surface area contributed by atoms with Crippen LogP contribution in [-0.2, 0) is 0 Å². The summed E-state index contributed by atoms with van der Waals surface area (Å²) in [6.45, 7) is 0. The molecule has 0 spiro atoms. The second-order valence-corrected chi connectivity index (χ2v) is 8.19. The van der Waals surface area contributed by atoms with Crippen molar-refractivity contribution in [1.82, 2.24) is 4.57 Å². The molecule has 0 fully saturated rings. The molecule has 0 unspecified atom stereocenters. The monoisotopic (exact) mass is 462 g/mol. The Bertz CT molecular complexity index is 1220. The van der Waals surface area contributed by atoms with Gasteiger partial charge in [0.15, 0.2) is 10.6 Å². The van der Waals surface area contributed by atoms with E-state index in [2.05, 4.69) is 0 Å². The average molecular weight is 464 g/mol. The van der Waals surface area contributed by atoms with Crippen LogP contribution in [0.25, 0.3) is 16.1 Å². The summed E-state index contributed by atoms with van der Waals surface area (Å²) in [6.07, 6.45) is 1.78. The molecule has 0 amide bonds. The second kappa shape index (κ2) is 8.13. The molecule has 0 aliphatic carbocycles. The number of halogens is 3. The van der Waals surface area contributed by atoms with Crippen LogP contribution in [-0.4, -0.2) is 14.8 Å².